The first kappa shape index (κ1) is 16.7. The minimum Gasteiger partial charge on any atom is -0.459 e. The van der Waals surface area contributed by atoms with Crippen LogP contribution in [0.25, 0.3) is 4.96 Å². The Balaban J connectivity index is 1.48. The summed E-state index contributed by atoms with van der Waals surface area (Å²) in [7, 11) is 0. The summed E-state index contributed by atoms with van der Waals surface area (Å²) in [6.07, 6.45) is 1.99. The van der Waals surface area contributed by atoms with Gasteiger partial charge in [0.05, 0.1) is 12.1 Å². The molecule has 0 radical (unpaired) electrons. The Morgan fingerprint density at radius 3 is 2.92 bits per heavy atom. The zero-order valence-corrected chi connectivity index (χ0v) is 14.7. The number of aryl methyl sites for hydroxylation is 1. The number of hydrogen-bond acceptors (Lipinski definition) is 6. The molecule has 0 aliphatic rings. The van der Waals surface area contributed by atoms with Crippen molar-refractivity contribution in [3.05, 3.63) is 63.5 Å². The zero-order chi connectivity index (χ0) is 16.9. The Kier molecular flexibility index (Phi) is 5.32. The molecule has 0 fully saturated rings. The van der Waals surface area contributed by atoms with Crippen LogP contribution in [-0.2, 0) is 16.1 Å². The smallest absolute Gasteiger partial charge is 0.307 e. The van der Waals surface area contributed by atoms with Gasteiger partial charge in [0.1, 0.15) is 6.61 Å². The van der Waals surface area contributed by atoms with Gasteiger partial charge in [0, 0.05) is 28.3 Å². The second-order valence-electron chi connectivity index (χ2n) is 5.21. The highest BCUT2D eigenvalue weighted by Crippen LogP contribution is 2.19. The highest BCUT2D eigenvalue weighted by molar-refractivity contribution is 7.99. The largest absolute Gasteiger partial charge is 0.459 e. The third-order valence-corrected chi connectivity index (χ3v) is 5.10. The number of thiazole rings is 1. The van der Waals surface area contributed by atoms with E-state index in [2.05, 4.69) is 4.98 Å². The number of carbonyl (C=O) groups is 1. The Labute approximate surface area is 147 Å². The highest BCUT2D eigenvalue weighted by atomic mass is 32.2. The summed E-state index contributed by atoms with van der Waals surface area (Å²) in [5, 5.41) is 1.79. The van der Waals surface area contributed by atoms with Crippen LogP contribution >= 0.6 is 23.1 Å². The van der Waals surface area contributed by atoms with Crippen LogP contribution < -0.4 is 5.56 Å². The lowest BCUT2D eigenvalue weighted by molar-refractivity contribution is -0.144. The van der Waals surface area contributed by atoms with Crippen molar-refractivity contribution < 1.29 is 9.53 Å². The van der Waals surface area contributed by atoms with E-state index in [1.807, 2.05) is 31.2 Å². The first-order valence-electron chi connectivity index (χ1n) is 7.43. The van der Waals surface area contributed by atoms with E-state index in [4.69, 9.17) is 4.74 Å². The SMILES string of the molecule is Cc1ccc(SCCC(=O)OCc2cc(=O)n3ccsc3n2)cc1. The van der Waals surface area contributed by atoms with E-state index in [0.29, 0.717) is 22.8 Å². The van der Waals surface area contributed by atoms with Crippen LogP contribution in [-0.4, -0.2) is 21.1 Å². The molecule has 0 unspecified atom stereocenters. The van der Waals surface area contributed by atoms with Gasteiger partial charge in [-0.3, -0.25) is 14.0 Å². The predicted molar refractivity (Wildman–Crippen MR) is 95.7 cm³/mol. The number of carbonyl (C=O) groups excluding carboxylic acids is 1. The summed E-state index contributed by atoms with van der Waals surface area (Å²) in [4.78, 5) is 29.7. The van der Waals surface area contributed by atoms with Gasteiger partial charge in [-0.2, -0.15) is 0 Å². The number of fused-ring (bicyclic) bond motifs is 1. The average molecular weight is 360 g/mol. The summed E-state index contributed by atoms with van der Waals surface area (Å²) in [5.41, 5.74) is 1.52. The molecule has 124 valence electrons. The van der Waals surface area contributed by atoms with Crippen molar-refractivity contribution in [3.63, 3.8) is 0 Å². The first-order valence-corrected chi connectivity index (χ1v) is 9.29. The number of nitrogens with zero attached hydrogens (tertiary/aromatic N) is 2. The van der Waals surface area contributed by atoms with Gasteiger partial charge >= 0.3 is 5.97 Å². The molecule has 1 aromatic carbocycles. The molecule has 0 aliphatic heterocycles. The quantitative estimate of drug-likeness (QED) is 0.499. The number of ether oxygens (including phenoxy) is 1. The Morgan fingerprint density at radius 1 is 1.33 bits per heavy atom. The summed E-state index contributed by atoms with van der Waals surface area (Å²) < 4.78 is 6.67. The predicted octanol–water partition coefficient (Wildman–Crippen LogP) is 3.29. The fourth-order valence-electron chi connectivity index (χ4n) is 2.08. The number of hydrogen-bond donors (Lipinski definition) is 0. The third-order valence-electron chi connectivity index (χ3n) is 3.33. The van der Waals surface area contributed by atoms with Crippen molar-refractivity contribution in [1.29, 1.82) is 0 Å². The molecule has 0 N–H and O–H groups in total. The molecular weight excluding hydrogens is 344 g/mol. The van der Waals surface area contributed by atoms with Crippen molar-refractivity contribution in [2.24, 2.45) is 0 Å². The summed E-state index contributed by atoms with van der Waals surface area (Å²) in [6, 6.07) is 9.57. The molecule has 0 bridgehead atoms. The molecule has 0 spiro atoms. The lowest BCUT2D eigenvalue weighted by Gasteiger charge is -2.05. The standard InChI is InChI=1S/C17H16N2O3S2/c1-12-2-4-14(5-3-12)23-8-6-16(21)22-11-13-10-15(20)19-7-9-24-17(19)18-13/h2-5,7,9-10H,6,8,11H2,1H3. The molecule has 2 heterocycles. The van der Waals surface area contributed by atoms with Gasteiger partial charge in [-0.25, -0.2) is 4.98 Å². The zero-order valence-electron chi connectivity index (χ0n) is 13.1. The molecule has 0 aliphatic carbocycles. The van der Waals surface area contributed by atoms with Gasteiger partial charge in [0.15, 0.2) is 4.96 Å². The van der Waals surface area contributed by atoms with E-state index in [1.54, 1.807) is 23.3 Å². The summed E-state index contributed by atoms with van der Waals surface area (Å²) in [5.74, 6) is 0.366. The second kappa shape index (κ2) is 7.63. The van der Waals surface area contributed by atoms with E-state index >= 15 is 0 Å². The Morgan fingerprint density at radius 2 is 2.12 bits per heavy atom. The number of thioether (sulfide) groups is 1. The Bertz CT molecular complexity index is 900. The maximum atomic E-state index is 11.8. The van der Waals surface area contributed by atoms with Crippen LogP contribution in [0.4, 0.5) is 0 Å². The number of rotatable bonds is 6. The van der Waals surface area contributed by atoms with Gasteiger partial charge in [0.25, 0.3) is 5.56 Å². The van der Waals surface area contributed by atoms with Crippen molar-refractivity contribution in [3.8, 4) is 0 Å². The van der Waals surface area contributed by atoms with Crippen LogP contribution in [0.5, 0.6) is 0 Å². The molecule has 0 saturated heterocycles. The summed E-state index contributed by atoms with van der Waals surface area (Å²) in [6.45, 7) is 2.07. The van der Waals surface area contributed by atoms with E-state index in [1.165, 1.54) is 27.4 Å². The third kappa shape index (κ3) is 4.24. The molecule has 0 saturated carbocycles. The molecule has 7 heteroatoms. The normalized spacial score (nSPS) is 10.9. The maximum absolute atomic E-state index is 11.8. The second-order valence-corrected chi connectivity index (χ2v) is 7.25. The average Bonchev–Trinajstić information content (AvgIpc) is 3.04. The van der Waals surface area contributed by atoms with Crippen LogP contribution in [0.15, 0.2) is 51.6 Å². The number of aromatic nitrogens is 2. The molecule has 3 rings (SSSR count). The molecule has 0 atom stereocenters. The number of esters is 1. The number of benzene rings is 1. The highest BCUT2D eigenvalue weighted by Gasteiger charge is 2.07. The monoisotopic (exact) mass is 360 g/mol. The molecule has 0 amide bonds. The maximum Gasteiger partial charge on any atom is 0.307 e. The molecule has 2 aromatic heterocycles. The van der Waals surface area contributed by atoms with Gasteiger partial charge in [-0.05, 0) is 19.1 Å². The van der Waals surface area contributed by atoms with Crippen molar-refractivity contribution in [2.45, 2.75) is 24.8 Å². The fourth-order valence-corrected chi connectivity index (χ4v) is 3.65. The van der Waals surface area contributed by atoms with E-state index in [-0.39, 0.29) is 18.1 Å². The molecule has 24 heavy (non-hydrogen) atoms. The van der Waals surface area contributed by atoms with E-state index < -0.39 is 0 Å². The fraction of sp³-hybridized carbons (Fsp3) is 0.235. The molecule has 5 nitrogen and oxygen atoms in total. The lowest BCUT2D eigenvalue weighted by atomic mass is 10.2. The topological polar surface area (TPSA) is 60.7 Å². The van der Waals surface area contributed by atoms with Crippen LogP contribution in [0.2, 0.25) is 0 Å². The van der Waals surface area contributed by atoms with Gasteiger partial charge in [-0.1, -0.05) is 17.7 Å². The molecule has 3 aromatic rings. The van der Waals surface area contributed by atoms with E-state index in [9.17, 15) is 9.59 Å². The minimum absolute atomic E-state index is 0.0255. The van der Waals surface area contributed by atoms with Gasteiger partial charge < -0.3 is 4.74 Å². The first-order chi connectivity index (χ1) is 11.6. The summed E-state index contributed by atoms with van der Waals surface area (Å²) >= 11 is 2.99. The van der Waals surface area contributed by atoms with Gasteiger partial charge in [-0.15, -0.1) is 23.1 Å². The van der Waals surface area contributed by atoms with Crippen molar-refractivity contribution in [1.82, 2.24) is 9.38 Å². The van der Waals surface area contributed by atoms with Crippen LogP contribution in [0, 0.1) is 6.92 Å². The Hall–Kier alpha value is -2.12. The van der Waals surface area contributed by atoms with Gasteiger partial charge in [0.2, 0.25) is 0 Å². The minimum atomic E-state index is -0.289. The van der Waals surface area contributed by atoms with Crippen molar-refractivity contribution >= 4 is 34.0 Å². The van der Waals surface area contributed by atoms with Crippen LogP contribution in [0.1, 0.15) is 17.7 Å². The van der Waals surface area contributed by atoms with Crippen molar-refractivity contribution in [2.75, 3.05) is 5.75 Å². The van der Waals surface area contributed by atoms with E-state index in [0.717, 1.165) is 4.90 Å². The van der Waals surface area contributed by atoms with Crippen LogP contribution in [0.3, 0.4) is 0 Å². The molecular formula is C17H16N2O3S2. The lowest BCUT2D eigenvalue weighted by Crippen LogP contribution is -2.14.